The summed E-state index contributed by atoms with van der Waals surface area (Å²) in [6, 6.07) is 0. The Bertz CT molecular complexity index is 319. The molecule has 0 aliphatic heterocycles. The molecule has 1 saturated carbocycles. The van der Waals surface area contributed by atoms with Gasteiger partial charge in [0.1, 0.15) is 11.1 Å². The van der Waals surface area contributed by atoms with Gasteiger partial charge in [-0.15, -0.1) is 0 Å². The van der Waals surface area contributed by atoms with Crippen molar-refractivity contribution in [3.63, 3.8) is 0 Å². The Hall–Kier alpha value is -1.20. The Labute approximate surface area is 98.7 Å². The number of ether oxygens (including phenoxy) is 1. The van der Waals surface area contributed by atoms with Crippen LogP contribution in [0.2, 0.25) is 0 Å². The van der Waals surface area contributed by atoms with E-state index in [1.165, 1.54) is 0 Å². The van der Waals surface area contributed by atoms with E-state index in [2.05, 4.69) is 5.32 Å². The molecular weight excluding hydrogens is 232 g/mol. The minimum Gasteiger partial charge on any atom is -0.444 e. The molecule has 0 bridgehead atoms. The first kappa shape index (κ1) is 13.9. The number of alkyl carbamates (subject to hydrolysis) is 1. The van der Waals surface area contributed by atoms with E-state index in [1.54, 1.807) is 20.8 Å². The number of hydrogen-bond donors (Lipinski definition) is 1. The number of carbonyl (C=O) groups excluding carboxylic acids is 2. The van der Waals surface area contributed by atoms with Crippen molar-refractivity contribution in [3.05, 3.63) is 0 Å². The molecule has 1 fully saturated rings. The van der Waals surface area contributed by atoms with Gasteiger partial charge >= 0.3 is 6.09 Å². The lowest BCUT2D eigenvalue weighted by molar-refractivity contribution is -0.140. The zero-order valence-corrected chi connectivity index (χ0v) is 10.2. The summed E-state index contributed by atoms with van der Waals surface area (Å²) < 4.78 is 29.7. The van der Waals surface area contributed by atoms with Crippen molar-refractivity contribution in [2.75, 3.05) is 0 Å². The molecule has 0 spiro atoms. The van der Waals surface area contributed by atoms with Crippen LogP contribution in [0.4, 0.5) is 13.6 Å². The van der Waals surface area contributed by atoms with E-state index >= 15 is 0 Å². The highest BCUT2D eigenvalue weighted by Gasteiger charge is 2.49. The molecule has 1 aliphatic rings. The number of hydrogen-bond acceptors (Lipinski definition) is 3. The van der Waals surface area contributed by atoms with Crippen LogP contribution in [-0.2, 0) is 9.53 Å². The highest BCUT2D eigenvalue weighted by atomic mass is 19.3. The fraction of sp³-hybridized carbons (Fsp3) is 0.818. The number of rotatable bonds is 3. The smallest absolute Gasteiger partial charge is 0.408 e. The first-order chi connectivity index (χ1) is 7.66. The number of alkyl halides is 2. The minimum absolute atomic E-state index is 0.245. The summed E-state index contributed by atoms with van der Waals surface area (Å²) in [7, 11) is 0. The lowest BCUT2D eigenvalue weighted by Crippen LogP contribution is -2.61. The third-order valence-electron chi connectivity index (χ3n) is 2.62. The van der Waals surface area contributed by atoms with E-state index in [-0.39, 0.29) is 12.8 Å². The monoisotopic (exact) mass is 249 g/mol. The van der Waals surface area contributed by atoms with Gasteiger partial charge in [0.25, 0.3) is 6.43 Å². The first-order valence-electron chi connectivity index (χ1n) is 5.50. The van der Waals surface area contributed by atoms with E-state index < -0.39 is 29.4 Å². The Morgan fingerprint density at radius 3 is 2.12 bits per heavy atom. The van der Waals surface area contributed by atoms with E-state index in [4.69, 9.17) is 4.74 Å². The summed E-state index contributed by atoms with van der Waals surface area (Å²) in [6.45, 7) is 4.99. The molecule has 0 aromatic heterocycles. The largest absolute Gasteiger partial charge is 0.444 e. The number of carbonyl (C=O) groups is 2. The second-order valence-electron chi connectivity index (χ2n) is 5.23. The number of halogens is 2. The van der Waals surface area contributed by atoms with Gasteiger partial charge in [-0.25, -0.2) is 13.6 Å². The van der Waals surface area contributed by atoms with Crippen LogP contribution in [0.3, 0.4) is 0 Å². The molecule has 1 N–H and O–H groups in total. The van der Waals surface area contributed by atoms with Gasteiger partial charge < -0.3 is 10.1 Å². The SMILES string of the molecule is CC(C)(C)OC(=O)NC1(C(=O)C(F)F)CCC1. The number of Topliss-reactive ketones (excluding diaryl/α,β-unsaturated/α-hetero) is 1. The summed E-state index contributed by atoms with van der Waals surface area (Å²) in [6.07, 6.45) is -2.75. The zero-order chi connectivity index (χ0) is 13.3. The van der Waals surface area contributed by atoms with Gasteiger partial charge in [0.2, 0.25) is 5.78 Å². The summed E-state index contributed by atoms with van der Waals surface area (Å²) in [4.78, 5) is 22.8. The highest BCUT2D eigenvalue weighted by Crippen LogP contribution is 2.34. The molecule has 0 aromatic carbocycles. The van der Waals surface area contributed by atoms with Crippen LogP contribution in [0.15, 0.2) is 0 Å². The molecule has 0 saturated heterocycles. The highest BCUT2D eigenvalue weighted by molar-refractivity contribution is 5.94. The summed E-state index contributed by atoms with van der Waals surface area (Å²) in [5.41, 5.74) is -2.14. The predicted octanol–water partition coefficient (Wildman–Crippen LogP) is 2.27. The van der Waals surface area contributed by atoms with Crippen molar-refractivity contribution in [1.82, 2.24) is 5.32 Å². The fourth-order valence-electron chi connectivity index (χ4n) is 1.67. The van der Waals surface area contributed by atoms with Crippen LogP contribution in [0.1, 0.15) is 40.0 Å². The van der Waals surface area contributed by atoms with Gasteiger partial charge in [-0.3, -0.25) is 4.79 Å². The van der Waals surface area contributed by atoms with Crippen LogP contribution in [0, 0.1) is 0 Å². The Morgan fingerprint density at radius 2 is 1.82 bits per heavy atom. The number of amides is 1. The average molecular weight is 249 g/mol. The minimum atomic E-state index is -3.06. The molecule has 1 rings (SSSR count). The van der Waals surface area contributed by atoms with E-state index in [0.29, 0.717) is 6.42 Å². The topological polar surface area (TPSA) is 55.4 Å². The van der Waals surface area contributed by atoms with Crippen molar-refractivity contribution in [2.45, 2.75) is 57.6 Å². The molecule has 4 nitrogen and oxygen atoms in total. The Kier molecular flexibility index (Phi) is 3.74. The summed E-state index contributed by atoms with van der Waals surface area (Å²) in [5, 5.41) is 2.28. The maximum absolute atomic E-state index is 12.4. The third kappa shape index (κ3) is 3.38. The van der Waals surface area contributed by atoms with Gasteiger partial charge in [-0.2, -0.15) is 0 Å². The van der Waals surface area contributed by atoms with E-state index in [0.717, 1.165) is 0 Å². The first-order valence-corrected chi connectivity index (χ1v) is 5.50. The molecule has 0 aromatic rings. The predicted molar refractivity (Wildman–Crippen MR) is 57.0 cm³/mol. The molecule has 1 aliphatic carbocycles. The molecule has 17 heavy (non-hydrogen) atoms. The standard InChI is InChI=1S/C11H17F2NO3/c1-10(2,3)17-9(16)14-11(5-4-6-11)7(15)8(12)13/h8H,4-6H2,1-3H3,(H,14,16). The molecule has 0 atom stereocenters. The fourth-order valence-corrected chi connectivity index (χ4v) is 1.67. The van der Waals surface area contributed by atoms with Gasteiger partial charge in [0.05, 0.1) is 0 Å². The molecule has 98 valence electrons. The Balaban J connectivity index is 2.64. The van der Waals surface area contributed by atoms with Gasteiger partial charge in [0.15, 0.2) is 0 Å². The third-order valence-corrected chi connectivity index (χ3v) is 2.62. The van der Waals surface area contributed by atoms with Crippen molar-refractivity contribution in [2.24, 2.45) is 0 Å². The van der Waals surface area contributed by atoms with Crippen LogP contribution >= 0.6 is 0 Å². The van der Waals surface area contributed by atoms with Crippen molar-refractivity contribution in [3.8, 4) is 0 Å². The normalized spacial score (nSPS) is 18.5. The molecule has 1 amide bonds. The molecule has 0 unspecified atom stereocenters. The maximum Gasteiger partial charge on any atom is 0.408 e. The number of nitrogens with one attached hydrogen (secondary N) is 1. The molecule has 0 heterocycles. The lowest BCUT2D eigenvalue weighted by atomic mass is 9.73. The van der Waals surface area contributed by atoms with Crippen molar-refractivity contribution in [1.29, 1.82) is 0 Å². The van der Waals surface area contributed by atoms with E-state index in [1.807, 2.05) is 0 Å². The van der Waals surface area contributed by atoms with Crippen molar-refractivity contribution < 1.29 is 23.1 Å². The molecular formula is C11H17F2NO3. The molecule has 0 radical (unpaired) electrons. The van der Waals surface area contributed by atoms with Gasteiger partial charge in [0, 0.05) is 0 Å². The second-order valence-corrected chi connectivity index (χ2v) is 5.23. The van der Waals surface area contributed by atoms with Crippen LogP contribution < -0.4 is 5.32 Å². The van der Waals surface area contributed by atoms with E-state index in [9.17, 15) is 18.4 Å². The lowest BCUT2D eigenvalue weighted by Gasteiger charge is -2.40. The summed E-state index contributed by atoms with van der Waals surface area (Å²) in [5.74, 6) is -1.23. The quantitative estimate of drug-likeness (QED) is 0.834. The van der Waals surface area contributed by atoms with Crippen LogP contribution in [-0.4, -0.2) is 29.4 Å². The average Bonchev–Trinajstić information content (AvgIpc) is 2.07. The second kappa shape index (κ2) is 4.58. The number of ketones is 1. The molecule has 6 heteroatoms. The van der Waals surface area contributed by atoms with Gasteiger partial charge in [-0.1, -0.05) is 0 Å². The maximum atomic E-state index is 12.4. The Morgan fingerprint density at radius 1 is 1.29 bits per heavy atom. The van der Waals surface area contributed by atoms with Crippen molar-refractivity contribution >= 4 is 11.9 Å². The van der Waals surface area contributed by atoms with Gasteiger partial charge in [-0.05, 0) is 40.0 Å². The van der Waals surface area contributed by atoms with Crippen LogP contribution in [0.25, 0.3) is 0 Å². The van der Waals surface area contributed by atoms with Crippen LogP contribution in [0.5, 0.6) is 0 Å². The summed E-state index contributed by atoms with van der Waals surface area (Å²) >= 11 is 0. The zero-order valence-electron chi connectivity index (χ0n) is 10.2.